The fourth-order valence-corrected chi connectivity index (χ4v) is 4.48. The first kappa shape index (κ1) is 21.0. The summed E-state index contributed by atoms with van der Waals surface area (Å²) in [5, 5.41) is 12.1. The standard InChI is InChI=1S/C19H19N7O3S2/c1-11-22-23-17(31-11)20-13(27)10-30-18-21-15-14(16(28)25(3)19(29)24(15)2)26(18)9-12-7-5-4-6-8-12/h4-8H,9-10H2,1-3H3,(H,20,23,27). The number of aromatic nitrogens is 6. The van der Waals surface area contributed by atoms with Crippen LogP contribution in [0.4, 0.5) is 5.13 Å². The molecule has 12 heteroatoms. The lowest BCUT2D eigenvalue weighted by Crippen LogP contribution is -2.37. The monoisotopic (exact) mass is 457 g/mol. The molecule has 31 heavy (non-hydrogen) atoms. The summed E-state index contributed by atoms with van der Waals surface area (Å²) in [6.45, 7) is 2.18. The molecule has 0 unspecified atom stereocenters. The molecule has 0 saturated carbocycles. The van der Waals surface area contributed by atoms with Crippen molar-refractivity contribution >= 4 is 45.3 Å². The van der Waals surface area contributed by atoms with Crippen molar-refractivity contribution in [2.24, 2.45) is 14.1 Å². The fraction of sp³-hybridized carbons (Fsp3) is 0.263. The van der Waals surface area contributed by atoms with Crippen molar-refractivity contribution in [2.75, 3.05) is 11.1 Å². The molecule has 0 spiro atoms. The molecular weight excluding hydrogens is 438 g/mol. The summed E-state index contributed by atoms with van der Waals surface area (Å²) in [5.74, 6) is -0.202. The van der Waals surface area contributed by atoms with E-state index in [1.165, 1.54) is 34.7 Å². The Morgan fingerprint density at radius 1 is 1.13 bits per heavy atom. The normalized spacial score (nSPS) is 11.2. The maximum absolute atomic E-state index is 12.9. The maximum Gasteiger partial charge on any atom is 0.332 e. The second-order valence-electron chi connectivity index (χ2n) is 6.81. The van der Waals surface area contributed by atoms with Crippen LogP contribution in [0, 0.1) is 6.92 Å². The van der Waals surface area contributed by atoms with Crippen LogP contribution in [0.1, 0.15) is 10.6 Å². The van der Waals surface area contributed by atoms with Gasteiger partial charge in [-0.15, -0.1) is 10.2 Å². The molecular formula is C19H19N7O3S2. The first-order valence-electron chi connectivity index (χ1n) is 9.28. The molecule has 0 saturated heterocycles. The lowest BCUT2D eigenvalue weighted by molar-refractivity contribution is -0.113. The lowest BCUT2D eigenvalue weighted by Gasteiger charge is -2.09. The van der Waals surface area contributed by atoms with Crippen LogP contribution in [0.3, 0.4) is 0 Å². The first-order valence-corrected chi connectivity index (χ1v) is 11.1. The van der Waals surface area contributed by atoms with Crippen LogP contribution in [-0.4, -0.2) is 40.5 Å². The predicted molar refractivity (Wildman–Crippen MR) is 120 cm³/mol. The van der Waals surface area contributed by atoms with Crippen molar-refractivity contribution in [1.29, 1.82) is 0 Å². The zero-order chi connectivity index (χ0) is 22.1. The van der Waals surface area contributed by atoms with Gasteiger partial charge in [-0.05, 0) is 12.5 Å². The van der Waals surface area contributed by atoms with Gasteiger partial charge in [0, 0.05) is 14.1 Å². The van der Waals surface area contributed by atoms with E-state index in [1.54, 1.807) is 18.5 Å². The molecule has 0 fully saturated rings. The van der Waals surface area contributed by atoms with Crippen molar-refractivity contribution in [3.05, 3.63) is 61.7 Å². The number of nitrogens with one attached hydrogen (secondary N) is 1. The Labute approximate surface area is 184 Å². The molecule has 0 bridgehead atoms. The van der Waals surface area contributed by atoms with E-state index in [9.17, 15) is 14.4 Å². The minimum Gasteiger partial charge on any atom is -0.309 e. The number of aryl methyl sites for hydroxylation is 2. The molecule has 0 aliphatic heterocycles. The van der Waals surface area contributed by atoms with Crippen LogP contribution in [0.5, 0.6) is 0 Å². The van der Waals surface area contributed by atoms with Gasteiger partial charge in [-0.3, -0.25) is 24.0 Å². The molecule has 0 atom stereocenters. The SMILES string of the molecule is Cc1nnc(NC(=O)CSc2nc3c(c(=O)n(C)c(=O)n3C)n2Cc2ccccc2)s1. The number of nitrogens with zero attached hydrogens (tertiary/aromatic N) is 6. The molecule has 4 aromatic rings. The third kappa shape index (κ3) is 4.16. The number of rotatable bonds is 6. The highest BCUT2D eigenvalue weighted by molar-refractivity contribution is 7.99. The molecule has 3 heterocycles. The largest absolute Gasteiger partial charge is 0.332 e. The van der Waals surface area contributed by atoms with Crippen LogP contribution in [0.25, 0.3) is 11.2 Å². The summed E-state index contributed by atoms with van der Waals surface area (Å²) in [5.41, 5.74) is 0.682. The molecule has 10 nitrogen and oxygen atoms in total. The van der Waals surface area contributed by atoms with Crippen molar-refractivity contribution < 1.29 is 4.79 Å². The third-order valence-electron chi connectivity index (χ3n) is 4.60. The first-order chi connectivity index (χ1) is 14.8. The number of carbonyl (C=O) groups excluding carboxylic acids is 1. The molecule has 3 aromatic heterocycles. The fourth-order valence-electron chi connectivity index (χ4n) is 3.08. The highest BCUT2D eigenvalue weighted by Crippen LogP contribution is 2.23. The number of hydrogen-bond donors (Lipinski definition) is 1. The van der Waals surface area contributed by atoms with Gasteiger partial charge in [0.05, 0.1) is 12.3 Å². The number of amides is 1. The predicted octanol–water partition coefficient (Wildman–Crippen LogP) is 1.37. The summed E-state index contributed by atoms with van der Waals surface area (Å²) < 4.78 is 4.15. The molecule has 1 aromatic carbocycles. The average Bonchev–Trinajstić information content (AvgIpc) is 3.33. The zero-order valence-electron chi connectivity index (χ0n) is 17.0. The number of carbonyl (C=O) groups is 1. The van der Waals surface area contributed by atoms with Gasteiger partial charge in [0.2, 0.25) is 11.0 Å². The average molecular weight is 458 g/mol. The van der Waals surface area contributed by atoms with Gasteiger partial charge in [0.25, 0.3) is 5.56 Å². The Morgan fingerprint density at radius 3 is 2.55 bits per heavy atom. The van der Waals surface area contributed by atoms with Crippen LogP contribution in [0.2, 0.25) is 0 Å². The summed E-state index contributed by atoms with van der Waals surface area (Å²) in [7, 11) is 3.01. The highest BCUT2D eigenvalue weighted by Gasteiger charge is 2.20. The van der Waals surface area contributed by atoms with Gasteiger partial charge in [-0.25, -0.2) is 9.78 Å². The van der Waals surface area contributed by atoms with Gasteiger partial charge in [0.15, 0.2) is 16.3 Å². The van der Waals surface area contributed by atoms with E-state index in [0.29, 0.717) is 22.3 Å². The van der Waals surface area contributed by atoms with E-state index >= 15 is 0 Å². The van der Waals surface area contributed by atoms with E-state index < -0.39 is 11.2 Å². The molecule has 160 valence electrons. The van der Waals surface area contributed by atoms with Gasteiger partial charge in [-0.1, -0.05) is 53.4 Å². The van der Waals surface area contributed by atoms with Gasteiger partial charge in [-0.2, -0.15) is 0 Å². The Balaban J connectivity index is 1.71. The molecule has 1 amide bonds. The van der Waals surface area contributed by atoms with Crippen LogP contribution < -0.4 is 16.6 Å². The van der Waals surface area contributed by atoms with Crippen LogP contribution >= 0.6 is 23.1 Å². The maximum atomic E-state index is 12.9. The molecule has 0 aliphatic rings. The second kappa shape index (κ2) is 8.47. The highest BCUT2D eigenvalue weighted by atomic mass is 32.2. The second-order valence-corrected chi connectivity index (χ2v) is 8.93. The number of imidazole rings is 1. The van der Waals surface area contributed by atoms with E-state index in [2.05, 4.69) is 20.5 Å². The molecule has 1 N–H and O–H groups in total. The number of benzene rings is 1. The summed E-state index contributed by atoms with van der Waals surface area (Å²) in [6.07, 6.45) is 0. The van der Waals surface area contributed by atoms with Crippen molar-refractivity contribution in [3.63, 3.8) is 0 Å². The van der Waals surface area contributed by atoms with Crippen LogP contribution in [-0.2, 0) is 25.4 Å². The third-order valence-corrected chi connectivity index (χ3v) is 6.33. The smallest absolute Gasteiger partial charge is 0.309 e. The minimum atomic E-state index is -0.456. The zero-order valence-corrected chi connectivity index (χ0v) is 18.7. The van der Waals surface area contributed by atoms with Gasteiger partial charge < -0.3 is 4.57 Å². The number of fused-ring (bicyclic) bond motifs is 1. The summed E-state index contributed by atoms with van der Waals surface area (Å²) >= 11 is 2.48. The van der Waals surface area contributed by atoms with E-state index in [0.717, 1.165) is 15.1 Å². The Morgan fingerprint density at radius 2 is 1.87 bits per heavy atom. The molecule has 4 rings (SSSR count). The Hall–Kier alpha value is -3.25. The topological polar surface area (TPSA) is 117 Å². The number of anilines is 1. The van der Waals surface area contributed by atoms with E-state index in [-0.39, 0.29) is 17.3 Å². The Kier molecular flexibility index (Phi) is 5.74. The van der Waals surface area contributed by atoms with Gasteiger partial charge >= 0.3 is 5.69 Å². The molecule has 0 aliphatic carbocycles. The summed E-state index contributed by atoms with van der Waals surface area (Å²) in [4.78, 5) is 42.1. The van der Waals surface area contributed by atoms with Gasteiger partial charge in [0.1, 0.15) is 5.01 Å². The van der Waals surface area contributed by atoms with Crippen LogP contribution in [0.15, 0.2) is 45.1 Å². The summed E-state index contributed by atoms with van der Waals surface area (Å²) in [6, 6.07) is 9.61. The number of hydrogen-bond acceptors (Lipinski definition) is 8. The quantitative estimate of drug-likeness (QED) is 0.435. The molecule has 0 radical (unpaired) electrons. The van der Waals surface area contributed by atoms with E-state index in [1.807, 2.05) is 30.3 Å². The van der Waals surface area contributed by atoms with Crippen molar-refractivity contribution in [3.8, 4) is 0 Å². The van der Waals surface area contributed by atoms with Crippen molar-refractivity contribution in [1.82, 2.24) is 28.9 Å². The van der Waals surface area contributed by atoms with E-state index in [4.69, 9.17) is 0 Å². The number of thioether (sulfide) groups is 1. The van der Waals surface area contributed by atoms with Crippen molar-refractivity contribution in [2.45, 2.75) is 18.6 Å². The lowest BCUT2D eigenvalue weighted by atomic mass is 10.2. The minimum absolute atomic E-state index is 0.0605. The Bertz CT molecular complexity index is 1390.